The molecule has 0 spiro atoms. The number of aliphatic hydroxyl groups excluding tert-OH is 1. The first-order valence-electron chi connectivity index (χ1n) is 5.49. The maximum absolute atomic E-state index is 9.92. The Hall–Kier alpha value is -0.320. The van der Waals surface area contributed by atoms with Crippen LogP contribution in [0.4, 0.5) is 0 Å². The Morgan fingerprint density at radius 2 is 2.00 bits per heavy atom. The Morgan fingerprint density at radius 3 is 2.59 bits per heavy atom. The molecule has 5 heteroatoms. The average molecular weight is 277 g/mol. The molecule has 1 aromatic carbocycles. The van der Waals surface area contributed by atoms with E-state index in [1.54, 1.807) is 18.2 Å². The third-order valence-corrected chi connectivity index (χ3v) is 3.14. The number of likely N-dealkylation sites (N-methyl/N-ethyl adjacent to an activating group) is 1. The van der Waals surface area contributed by atoms with Crippen LogP contribution in [-0.4, -0.2) is 43.7 Å². The van der Waals surface area contributed by atoms with E-state index in [1.807, 2.05) is 14.1 Å². The van der Waals surface area contributed by atoms with Crippen molar-refractivity contribution in [3.05, 3.63) is 33.8 Å². The van der Waals surface area contributed by atoms with Crippen LogP contribution in [0.25, 0.3) is 0 Å². The Labute approximate surface area is 112 Å². The van der Waals surface area contributed by atoms with Gasteiger partial charge in [0.25, 0.3) is 0 Å². The van der Waals surface area contributed by atoms with E-state index in [4.69, 9.17) is 23.2 Å². The highest BCUT2D eigenvalue weighted by atomic mass is 35.5. The summed E-state index contributed by atoms with van der Waals surface area (Å²) in [7, 11) is 4.02. The average Bonchev–Trinajstić information content (AvgIpc) is 2.27. The van der Waals surface area contributed by atoms with Crippen molar-refractivity contribution in [1.82, 2.24) is 10.2 Å². The van der Waals surface area contributed by atoms with Gasteiger partial charge < -0.3 is 15.3 Å². The second kappa shape index (κ2) is 7.19. The summed E-state index contributed by atoms with van der Waals surface area (Å²) >= 11 is 11.7. The quantitative estimate of drug-likeness (QED) is 0.782. The molecule has 1 aromatic rings. The van der Waals surface area contributed by atoms with E-state index in [0.717, 1.165) is 18.7 Å². The molecule has 2 N–H and O–H groups in total. The Bertz CT molecular complexity index is 358. The van der Waals surface area contributed by atoms with Crippen LogP contribution in [0.1, 0.15) is 11.7 Å². The van der Waals surface area contributed by atoms with E-state index in [1.165, 1.54) is 0 Å². The van der Waals surface area contributed by atoms with Crippen molar-refractivity contribution >= 4 is 23.2 Å². The fraction of sp³-hybridized carbons (Fsp3) is 0.500. The first kappa shape index (κ1) is 14.7. The minimum Gasteiger partial charge on any atom is -0.387 e. The molecule has 17 heavy (non-hydrogen) atoms. The number of aliphatic hydroxyl groups is 1. The topological polar surface area (TPSA) is 35.5 Å². The molecule has 1 atom stereocenters. The van der Waals surface area contributed by atoms with Crippen LogP contribution < -0.4 is 5.32 Å². The van der Waals surface area contributed by atoms with Crippen LogP contribution in [0.5, 0.6) is 0 Å². The second-order valence-corrected chi connectivity index (χ2v) is 5.01. The zero-order chi connectivity index (χ0) is 12.8. The largest absolute Gasteiger partial charge is 0.387 e. The molecule has 0 aromatic heterocycles. The zero-order valence-corrected chi connectivity index (χ0v) is 11.6. The van der Waals surface area contributed by atoms with Gasteiger partial charge in [-0.15, -0.1) is 0 Å². The highest BCUT2D eigenvalue weighted by molar-refractivity contribution is 6.42. The van der Waals surface area contributed by atoms with Crippen LogP contribution in [0.2, 0.25) is 10.0 Å². The SMILES string of the molecule is CN(C)CCNCC(O)c1ccc(Cl)c(Cl)c1. The molecule has 96 valence electrons. The summed E-state index contributed by atoms with van der Waals surface area (Å²) in [4.78, 5) is 2.08. The summed E-state index contributed by atoms with van der Waals surface area (Å²) in [5.74, 6) is 0. The van der Waals surface area contributed by atoms with Gasteiger partial charge >= 0.3 is 0 Å². The minimum absolute atomic E-state index is 0.469. The Balaban J connectivity index is 2.41. The molecule has 3 nitrogen and oxygen atoms in total. The number of nitrogens with zero attached hydrogens (tertiary/aromatic N) is 1. The summed E-state index contributed by atoms with van der Waals surface area (Å²) in [6, 6.07) is 5.18. The van der Waals surface area contributed by atoms with Gasteiger partial charge in [-0.2, -0.15) is 0 Å². The summed E-state index contributed by atoms with van der Waals surface area (Å²) in [5, 5.41) is 14.1. The molecule has 0 saturated carbocycles. The lowest BCUT2D eigenvalue weighted by molar-refractivity contribution is 0.173. The highest BCUT2D eigenvalue weighted by Crippen LogP contribution is 2.25. The van der Waals surface area contributed by atoms with E-state index in [9.17, 15) is 5.11 Å². The Morgan fingerprint density at radius 1 is 1.29 bits per heavy atom. The predicted molar refractivity (Wildman–Crippen MR) is 72.8 cm³/mol. The van der Waals surface area contributed by atoms with Crippen LogP contribution in [0, 0.1) is 0 Å². The molecule has 0 heterocycles. The molecule has 0 saturated heterocycles. The summed E-state index contributed by atoms with van der Waals surface area (Å²) < 4.78 is 0. The maximum Gasteiger partial charge on any atom is 0.0914 e. The number of nitrogens with one attached hydrogen (secondary N) is 1. The monoisotopic (exact) mass is 276 g/mol. The first-order chi connectivity index (χ1) is 8.00. The van der Waals surface area contributed by atoms with Gasteiger partial charge in [-0.1, -0.05) is 29.3 Å². The van der Waals surface area contributed by atoms with Gasteiger partial charge in [0.15, 0.2) is 0 Å². The number of hydrogen-bond donors (Lipinski definition) is 2. The van der Waals surface area contributed by atoms with Crippen LogP contribution >= 0.6 is 23.2 Å². The maximum atomic E-state index is 9.92. The standard InChI is InChI=1S/C12H18Cl2N2O/c1-16(2)6-5-15-8-12(17)9-3-4-10(13)11(14)7-9/h3-4,7,12,15,17H,5-6,8H2,1-2H3. The molecular formula is C12H18Cl2N2O. The van der Waals surface area contributed by atoms with Crippen molar-refractivity contribution in [2.45, 2.75) is 6.10 Å². The third kappa shape index (κ3) is 5.23. The van der Waals surface area contributed by atoms with Crippen molar-refractivity contribution in [2.75, 3.05) is 33.7 Å². The predicted octanol–water partition coefficient (Wildman–Crippen LogP) is 2.18. The molecule has 1 rings (SSSR count). The van der Waals surface area contributed by atoms with Crippen molar-refractivity contribution in [3.63, 3.8) is 0 Å². The summed E-state index contributed by atoms with van der Waals surface area (Å²) in [6.45, 7) is 2.28. The van der Waals surface area contributed by atoms with E-state index in [-0.39, 0.29) is 0 Å². The minimum atomic E-state index is -0.563. The molecule has 0 bridgehead atoms. The fourth-order valence-electron chi connectivity index (χ4n) is 1.38. The third-order valence-electron chi connectivity index (χ3n) is 2.40. The molecule has 0 aliphatic heterocycles. The molecular weight excluding hydrogens is 259 g/mol. The van der Waals surface area contributed by atoms with Crippen LogP contribution in [-0.2, 0) is 0 Å². The van der Waals surface area contributed by atoms with Crippen LogP contribution in [0.15, 0.2) is 18.2 Å². The van der Waals surface area contributed by atoms with Gasteiger partial charge in [-0.3, -0.25) is 0 Å². The molecule has 0 fully saturated rings. The number of benzene rings is 1. The van der Waals surface area contributed by atoms with E-state index in [2.05, 4.69) is 10.2 Å². The first-order valence-corrected chi connectivity index (χ1v) is 6.24. The fourth-order valence-corrected chi connectivity index (χ4v) is 1.69. The zero-order valence-electron chi connectivity index (χ0n) is 10.1. The molecule has 0 amide bonds. The number of halogens is 2. The van der Waals surface area contributed by atoms with Gasteiger partial charge in [0.1, 0.15) is 0 Å². The highest BCUT2D eigenvalue weighted by Gasteiger charge is 2.08. The van der Waals surface area contributed by atoms with Gasteiger partial charge in [0.2, 0.25) is 0 Å². The summed E-state index contributed by atoms with van der Waals surface area (Å²) in [6.07, 6.45) is -0.563. The van der Waals surface area contributed by atoms with Gasteiger partial charge in [-0.25, -0.2) is 0 Å². The van der Waals surface area contributed by atoms with Crippen LogP contribution in [0.3, 0.4) is 0 Å². The second-order valence-electron chi connectivity index (χ2n) is 4.20. The van der Waals surface area contributed by atoms with Crippen molar-refractivity contribution in [2.24, 2.45) is 0 Å². The van der Waals surface area contributed by atoms with E-state index < -0.39 is 6.10 Å². The number of hydrogen-bond acceptors (Lipinski definition) is 3. The van der Waals surface area contributed by atoms with Crippen molar-refractivity contribution in [1.29, 1.82) is 0 Å². The molecule has 0 radical (unpaired) electrons. The Kier molecular flexibility index (Phi) is 6.23. The number of rotatable bonds is 6. The lowest BCUT2D eigenvalue weighted by Gasteiger charge is -2.14. The van der Waals surface area contributed by atoms with Gasteiger partial charge in [-0.05, 0) is 31.8 Å². The van der Waals surface area contributed by atoms with E-state index in [0.29, 0.717) is 16.6 Å². The lowest BCUT2D eigenvalue weighted by atomic mass is 10.1. The smallest absolute Gasteiger partial charge is 0.0914 e. The molecule has 1 unspecified atom stereocenters. The van der Waals surface area contributed by atoms with Crippen molar-refractivity contribution in [3.8, 4) is 0 Å². The molecule has 0 aliphatic carbocycles. The molecule has 0 aliphatic rings. The normalized spacial score (nSPS) is 13.1. The van der Waals surface area contributed by atoms with Gasteiger partial charge in [0.05, 0.1) is 16.1 Å². The summed E-state index contributed by atoms with van der Waals surface area (Å²) in [5.41, 5.74) is 0.775. The van der Waals surface area contributed by atoms with Crippen molar-refractivity contribution < 1.29 is 5.11 Å². The lowest BCUT2D eigenvalue weighted by Crippen LogP contribution is -2.29. The van der Waals surface area contributed by atoms with Gasteiger partial charge in [0, 0.05) is 19.6 Å². The van der Waals surface area contributed by atoms with E-state index >= 15 is 0 Å².